The molecule has 3 atom stereocenters. The fraction of sp³-hybridized carbons (Fsp3) is 0.438. The number of aryl methyl sites for hydroxylation is 1. The van der Waals surface area contributed by atoms with Gasteiger partial charge in [0, 0.05) is 11.8 Å². The van der Waals surface area contributed by atoms with Gasteiger partial charge in [0.1, 0.15) is 27.7 Å². The van der Waals surface area contributed by atoms with Crippen LogP contribution in [-0.2, 0) is 16.0 Å². The molecular formula is C16H20FN3O2S2. The summed E-state index contributed by atoms with van der Waals surface area (Å²) in [5.74, 6) is 0.0603. The number of carbonyl (C=O) groups excluding carboxylic acids is 1. The number of alkyl halides is 1. The third kappa shape index (κ3) is 4.99. The van der Waals surface area contributed by atoms with Crippen molar-refractivity contribution in [3.05, 3.63) is 29.4 Å². The van der Waals surface area contributed by atoms with Crippen molar-refractivity contribution >= 4 is 45.2 Å². The lowest BCUT2D eigenvalue weighted by atomic mass is 10.2. The number of hydrogen-bond donors (Lipinski definition) is 1. The van der Waals surface area contributed by atoms with E-state index in [1.165, 1.54) is 17.4 Å². The lowest BCUT2D eigenvalue weighted by molar-refractivity contribution is -0.118. The number of halogens is 1. The second-order valence-corrected chi connectivity index (χ2v) is 8.06. The van der Waals surface area contributed by atoms with E-state index in [2.05, 4.69) is 21.9 Å². The zero-order chi connectivity index (χ0) is 17.7. The summed E-state index contributed by atoms with van der Waals surface area (Å²) < 4.78 is 25.1. The molecule has 130 valence electrons. The minimum Gasteiger partial charge on any atom is -0.616 e. The van der Waals surface area contributed by atoms with Gasteiger partial charge in [0.2, 0.25) is 5.91 Å². The number of nitrogens with one attached hydrogen (secondary N) is 1. The second kappa shape index (κ2) is 8.55. The lowest BCUT2D eigenvalue weighted by Gasteiger charge is -2.14. The number of carbonyl (C=O) groups is 1. The van der Waals surface area contributed by atoms with E-state index in [0.717, 1.165) is 0 Å². The zero-order valence-corrected chi connectivity index (χ0v) is 15.3. The van der Waals surface area contributed by atoms with Crippen LogP contribution < -0.4 is 5.32 Å². The summed E-state index contributed by atoms with van der Waals surface area (Å²) in [5, 5.41) is 4.06. The molecule has 1 aromatic heterocycles. The molecule has 5 nitrogen and oxygen atoms in total. The maximum atomic E-state index is 13.4. The Balaban J connectivity index is 2.04. The van der Waals surface area contributed by atoms with Crippen molar-refractivity contribution in [1.82, 2.24) is 4.98 Å². The van der Waals surface area contributed by atoms with E-state index in [0.29, 0.717) is 27.0 Å². The van der Waals surface area contributed by atoms with Crippen molar-refractivity contribution in [1.29, 1.82) is 0 Å². The van der Waals surface area contributed by atoms with Crippen LogP contribution in [0.4, 0.5) is 9.39 Å². The number of allylic oxidation sites excluding steroid dienone is 1. The van der Waals surface area contributed by atoms with Crippen LogP contribution in [0.2, 0.25) is 0 Å². The van der Waals surface area contributed by atoms with E-state index in [4.69, 9.17) is 0 Å². The van der Waals surface area contributed by atoms with Gasteiger partial charge in [-0.2, -0.15) is 0 Å². The van der Waals surface area contributed by atoms with E-state index in [9.17, 15) is 13.7 Å². The van der Waals surface area contributed by atoms with Gasteiger partial charge in [0.25, 0.3) is 0 Å². The summed E-state index contributed by atoms with van der Waals surface area (Å²) in [7, 11) is 0. The highest BCUT2D eigenvalue weighted by molar-refractivity contribution is 7.91. The number of amides is 1. The van der Waals surface area contributed by atoms with Gasteiger partial charge in [0.05, 0.1) is 18.2 Å². The molecule has 0 aliphatic carbocycles. The third-order valence-electron chi connectivity index (χ3n) is 3.34. The number of anilines is 1. The lowest BCUT2D eigenvalue weighted by Crippen LogP contribution is -2.27. The van der Waals surface area contributed by atoms with Crippen molar-refractivity contribution in [2.75, 3.05) is 23.4 Å². The molecule has 0 fully saturated rings. The van der Waals surface area contributed by atoms with Crippen LogP contribution >= 0.6 is 11.3 Å². The van der Waals surface area contributed by atoms with E-state index < -0.39 is 17.3 Å². The summed E-state index contributed by atoms with van der Waals surface area (Å²) in [6.07, 6.45) is 3.56. The Morgan fingerprint density at radius 2 is 2.46 bits per heavy atom. The number of nitrogens with zero attached hydrogens (tertiary/aromatic N) is 2. The standard InChI is InChI=1S/C16H20FN3O2S2/c1-4-5-24(22)9-10(2)14(21)20-15-11(3)19-16(23-15)12-6-13(17)8-18-7-12/h4,6-7,10,13H,1,5,8-9H2,2-3H3,(H,20,21). The fourth-order valence-electron chi connectivity index (χ4n) is 2.09. The van der Waals surface area contributed by atoms with Crippen LogP contribution in [0.1, 0.15) is 17.6 Å². The first-order chi connectivity index (χ1) is 11.4. The summed E-state index contributed by atoms with van der Waals surface area (Å²) in [5.41, 5.74) is 1.29. The Bertz CT molecular complexity index is 672. The van der Waals surface area contributed by atoms with Gasteiger partial charge in [-0.25, -0.2) is 9.37 Å². The predicted octanol–water partition coefficient (Wildman–Crippen LogP) is 2.77. The molecule has 0 spiro atoms. The van der Waals surface area contributed by atoms with Crippen LogP contribution in [0.25, 0.3) is 5.57 Å². The molecule has 0 aromatic carbocycles. The quantitative estimate of drug-likeness (QED) is 0.593. The molecule has 8 heteroatoms. The van der Waals surface area contributed by atoms with E-state index in [-0.39, 0.29) is 24.1 Å². The second-order valence-electron chi connectivity index (χ2n) is 5.52. The number of thiazole rings is 1. The Morgan fingerprint density at radius 1 is 1.71 bits per heavy atom. The van der Waals surface area contributed by atoms with Crippen LogP contribution in [0.15, 0.2) is 23.7 Å². The smallest absolute Gasteiger partial charge is 0.232 e. The van der Waals surface area contributed by atoms with Gasteiger partial charge in [-0.05, 0) is 37.2 Å². The Labute approximate surface area is 148 Å². The Morgan fingerprint density at radius 3 is 3.12 bits per heavy atom. The van der Waals surface area contributed by atoms with Gasteiger partial charge >= 0.3 is 0 Å². The molecule has 0 saturated carbocycles. The SMILES string of the molecule is C=CC[S+]([O-])CC(C)C(=O)Nc1sc(C2=CC(F)CN=C2)nc1C. The number of hydrogen-bond acceptors (Lipinski definition) is 5. The van der Waals surface area contributed by atoms with Crippen molar-refractivity contribution in [3.63, 3.8) is 0 Å². The average molecular weight is 369 g/mol. The van der Waals surface area contributed by atoms with Gasteiger partial charge in [0.15, 0.2) is 0 Å². The molecule has 2 rings (SSSR count). The number of aliphatic imine (C=N–C) groups is 1. The maximum Gasteiger partial charge on any atom is 0.232 e. The normalized spacial score (nSPS) is 19.5. The maximum absolute atomic E-state index is 13.4. The molecule has 3 unspecified atom stereocenters. The molecule has 2 heterocycles. The summed E-state index contributed by atoms with van der Waals surface area (Å²) in [6.45, 7) is 7.19. The molecule has 1 aliphatic heterocycles. The van der Waals surface area contributed by atoms with Crippen LogP contribution in [0, 0.1) is 12.8 Å². The molecule has 0 saturated heterocycles. The predicted molar refractivity (Wildman–Crippen MR) is 99.0 cm³/mol. The van der Waals surface area contributed by atoms with Gasteiger partial charge in [-0.1, -0.05) is 17.9 Å². The molecule has 1 aliphatic rings. The van der Waals surface area contributed by atoms with Crippen molar-refractivity contribution in [2.45, 2.75) is 20.0 Å². The fourth-order valence-corrected chi connectivity index (χ4v) is 4.16. The van der Waals surface area contributed by atoms with E-state index in [1.54, 1.807) is 26.1 Å². The van der Waals surface area contributed by atoms with E-state index in [1.807, 2.05) is 0 Å². The first-order valence-corrected chi connectivity index (χ1v) is 9.81. The summed E-state index contributed by atoms with van der Waals surface area (Å²) >= 11 is 0.186. The molecule has 1 aromatic rings. The number of rotatable bonds is 7. The number of aromatic nitrogens is 1. The molecule has 24 heavy (non-hydrogen) atoms. The summed E-state index contributed by atoms with van der Waals surface area (Å²) in [4.78, 5) is 20.6. The molecular weight excluding hydrogens is 349 g/mol. The highest BCUT2D eigenvalue weighted by Crippen LogP contribution is 2.30. The zero-order valence-electron chi connectivity index (χ0n) is 13.6. The first-order valence-electron chi connectivity index (χ1n) is 7.51. The van der Waals surface area contributed by atoms with Crippen molar-refractivity contribution < 1.29 is 13.7 Å². The van der Waals surface area contributed by atoms with Gasteiger partial charge in [-0.3, -0.25) is 9.79 Å². The average Bonchev–Trinajstić information content (AvgIpc) is 2.88. The Hall–Kier alpha value is -1.51. The van der Waals surface area contributed by atoms with Gasteiger partial charge < -0.3 is 9.87 Å². The highest BCUT2D eigenvalue weighted by atomic mass is 32.2. The van der Waals surface area contributed by atoms with Crippen LogP contribution in [0.3, 0.4) is 0 Å². The minimum absolute atomic E-state index is 0.136. The highest BCUT2D eigenvalue weighted by Gasteiger charge is 2.22. The molecule has 1 N–H and O–H groups in total. The third-order valence-corrected chi connectivity index (χ3v) is 5.94. The van der Waals surface area contributed by atoms with Gasteiger partial charge in [-0.15, -0.1) is 0 Å². The first kappa shape index (κ1) is 18.8. The minimum atomic E-state index is -1.10. The largest absolute Gasteiger partial charge is 0.616 e. The summed E-state index contributed by atoms with van der Waals surface area (Å²) in [6, 6.07) is 0. The number of dihydropyridines is 1. The van der Waals surface area contributed by atoms with Crippen LogP contribution in [0.5, 0.6) is 0 Å². The van der Waals surface area contributed by atoms with E-state index >= 15 is 0 Å². The van der Waals surface area contributed by atoms with Crippen molar-refractivity contribution in [3.8, 4) is 0 Å². The monoisotopic (exact) mass is 369 g/mol. The van der Waals surface area contributed by atoms with Crippen LogP contribution in [-0.4, -0.2) is 45.9 Å². The molecule has 1 amide bonds. The Kier molecular flexibility index (Phi) is 6.70. The molecule has 0 radical (unpaired) electrons. The molecule has 0 bridgehead atoms. The topological polar surface area (TPSA) is 77.4 Å². The van der Waals surface area contributed by atoms with Crippen molar-refractivity contribution in [2.24, 2.45) is 10.9 Å².